The number of nitrogens with zero attached hydrogens (tertiary/aromatic N) is 1. The van der Waals surface area contributed by atoms with Gasteiger partial charge in [-0.25, -0.2) is 4.98 Å². The Kier molecular flexibility index (Phi) is 3.47. The molecule has 1 amide bonds. The second-order valence-electron chi connectivity index (χ2n) is 3.59. The summed E-state index contributed by atoms with van der Waals surface area (Å²) in [7, 11) is 0. The maximum absolute atomic E-state index is 11.9. The van der Waals surface area contributed by atoms with Crippen molar-refractivity contribution in [2.45, 2.75) is 0 Å². The fourth-order valence-corrected chi connectivity index (χ4v) is 1.58. The van der Waals surface area contributed by atoms with Gasteiger partial charge in [-0.3, -0.25) is 4.79 Å². The topological polar surface area (TPSA) is 88.2 Å². The van der Waals surface area contributed by atoms with Crippen LogP contribution in [0.25, 0.3) is 0 Å². The molecule has 1 heterocycles. The normalized spacial score (nSPS) is 10.1. The standard InChI is InChI=1S/C12H10BrN3O2/c13-9-3-1-7(5-10(9)17)12(18)16-8-2-4-11(14)15-6-8/h1-6,17H,(H2,14,15)(H,16,18). The van der Waals surface area contributed by atoms with E-state index in [1.165, 1.54) is 12.3 Å². The Hall–Kier alpha value is -2.08. The van der Waals surface area contributed by atoms with Crippen molar-refractivity contribution in [3.05, 3.63) is 46.6 Å². The van der Waals surface area contributed by atoms with Gasteiger partial charge >= 0.3 is 0 Å². The summed E-state index contributed by atoms with van der Waals surface area (Å²) in [5.41, 5.74) is 6.34. The molecule has 6 heteroatoms. The summed E-state index contributed by atoms with van der Waals surface area (Å²) in [6.07, 6.45) is 1.46. The molecular formula is C12H10BrN3O2. The van der Waals surface area contributed by atoms with E-state index in [4.69, 9.17) is 5.73 Å². The van der Waals surface area contributed by atoms with E-state index in [0.717, 1.165) is 0 Å². The summed E-state index contributed by atoms with van der Waals surface area (Å²) in [6.45, 7) is 0. The number of aromatic nitrogens is 1. The Morgan fingerprint density at radius 1 is 1.33 bits per heavy atom. The highest BCUT2D eigenvalue weighted by molar-refractivity contribution is 9.10. The van der Waals surface area contributed by atoms with Crippen LogP contribution in [0.1, 0.15) is 10.4 Å². The fourth-order valence-electron chi connectivity index (χ4n) is 1.34. The summed E-state index contributed by atoms with van der Waals surface area (Å²) in [5, 5.41) is 12.1. The summed E-state index contributed by atoms with van der Waals surface area (Å²) in [4.78, 5) is 15.7. The molecule has 1 aromatic heterocycles. The smallest absolute Gasteiger partial charge is 0.255 e. The zero-order valence-electron chi connectivity index (χ0n) is 9.22. The number of nitrogens with one attached hydrogen (secondary N) is 1. The minimum atomic E-state index is -0.329. The minimum absolute atomic E-state index is 0.0121. The quantitative estimate of drug-likeness (QED) is 0.795. The molecule has 0 saturated heterocycles. The second kappa shape index (κ2) is 5.05. The van der Waals surface area contributed by atoms with Crippen LogP contribution >= 0.6 is 15.9 Å². The number of phenolic OH excluding ortho intramolecular Hbond substituents is 1. The van der Waals surface area contributed by atoms with Crippen LogP contribution in [0.5, 0.6) is 5.75 Å². The van der Waals surface area contributed by atoms with Crippen LogP contribution in [0.4, 0.5) is 11.5 Å². The van der Waals surface area contributed by atoms with Crippen molar-refractivity contribution >= 4 is 33.3 Å². The van der Waals surface area contributed by atoms with Crippen molar-refractivity contribution < 1.29 is 9.90 Å². The highest BCUT2D eigenvalue weighted by Gasteiger charge is 2.08. The van der Waals surface area contributed by atoms with Gasteiger partial charge in [0.25, 0.3) is 5.91 Å². The van der Waals surface area contributed by atoms with E-state index in [0.29, 0.717) is 21.5 Å². The lowest BCUT2D eigenvalue weighted by Gasteiger charge is -2.06. The molecule has 2 rings (SSSR count). The molecular weight excluding hydrogens is 298 g/mol. The van der Waals surface area contributed by atoms with E-state index in [9.17, 15) is 9.90 Å². The predicted octanol–water partition coefficient (Wildman–Crippen LogP) is 2.38. The molecule has 0 saturated carbocycles. The predicted molar refractivity (Wildman–Crippen MR) is 72.4 cm³/mol. The zero-order valence-corrected chi connectivity index (χ0v) is 10.8. The number of carbonyl (C=O) groups is 1. The third-order valence-corrected chi connectivity index (χ3v) is 2.92. The summed E-state index contributed by atoms with van der Waals surface area (Å²) >= 11 is 3.15. The molecule has 1 aromatic carbocycles. The number of rotatable bonds is 2. The van der Waals surface area contributed by atoms with Gasteiger partial charge < -0.3 is 16.2 Å². The maximum atomic E-state index is 11.9. The van der Waals surface area contributed by atoms with Gasteiger partial charge in [0, 0.05) is 5.56 Å². The average molecular weight is 308 g/mol. The molecule has 2 aromatic rings. The van der Waals surface area contributed by atoms with Crippen LogP contribution in [0.2, 0.25) is 0 Å². The van der Waals surface area contributed by atoms with Crippen LogP contribution in [0, 0.1) is 0 Å². The molecule has 0 fully saturated rings. The number of nitrogens with two attached hydrogens (primary N) is 1. The van der Waals surface area contributed by atoms with E-state index in [-0.39, 0.29) is 11.7 Å². The Morgan fingerprint density at radius 3 is 2.72 bits per heavy atom. The van der Waals surface area contributed by atoms with Gasteiger partial charge in [-0.2, -0.15) is 0 Å². The molecule has 4 N–H and O–H groups in total. The average Bonchev–Trinajstić information content (AvgIpc) is 2.35. The number of aromatic hydroxyl groups is 1. The Balaban J connectivity index is 2.16. The fraction of sp³-hybridized carbons (Fsp3) is 0. The van der Waals surface area contributed by atoms with Crippen LogP contribution in [0.3, 0.4) is 0 Å². The first kappa shape index (κ1) is 12.4. The van der Waals surface area contributed by atoms with E-state index in [1.54, 1.807) is 24.3 Å². The monoisotopic (exact) mass is 307 g/mol. The SMILES string of the molecule is Nc1ccc(NC(=O)c2ccc(Br)c(O)c2)cn1. The lowest BCUT2D eigenvalue weighted by atomic mass is 10.2. The number of benzene rings is 1. The molecule has 0 aliphatic carbocycles. The van der Waals surface area contributed by atoms with Crippen LogP contribution in [0.15, 0.2) is 41.0 Å². The van der Waals surface area contributed by atoms with Gasteiger partial charge in [0.05, 0.1) is 16.4 Å². The first-order chi connectivity index (χ1) is 8.56. The lowest BCUT2D eigenvalue weighted by Crippen LogP contribution is -2.12. The van der Waals surface area contributed by atoms with E-state index in [1.807, 2.05) is 0 Å². The van der Waals surface area contributed by atoms with Crippen molar-refractivity contribution in [1.29, 1.82) is 0 Å². The van der Waals surface area contributed by atoms with Gasteiger partial charge in [-0.1, -0.05) is 0 Å². The Labute approximate surface area is 112 Å². The molecule has 92 valence electrons. The van der Waals surface area contributed by atoms with E-state index >= 15 is 0 Å². The number of nitrogen functional groups attached to an aromatic ring is 1. The van der Waals surface area contributed by atoms with Gasteiger partial charge in [-0.05, 0) is 46.3 Å². The number of pyridine rings is 1. The van der Waals surface area contributed by atoms with Crippen molar-refractivity contribution in [2.75, 3.05) is 11.1 Å². The summed E-state index contributed by atoms with van der Waals surface area (Å²) in [6, 6.07) is 7.83. The van der Waals surface area contributed by atoms with Gasteiger partial charge in [-0.15, -0.1) is 0 Å². The molecule has 0 unspecified atom stereocenters. The highest BCUT2D eigenvalue weighted by atomic mass is 79.9. The molecule has 18 heavy (non-hydrogen) atoms. The summed E-state index contributed by atoms with van der Waals surface area (Å²) in [5.74, 6) is 0.0664. The summed E-state index contributed by atoms with van der Waals surface area (Å²) < 4.78 is 0.535. The lowest BCUT2D eigenvalue weighted by molar-refractivity contribution is 0.102. The number of carbonyl (C=O) groups excluding carboxylic acids is 1. The molecule has 0 spiro atoms. The Bertz CT molecular complexity index is 584. The third-order valence-electron chi connectivity index (χ3n) is 2.25. The number of phenols is 1. The van der Waals surface area contributed by atoms with Crippen molar-refractivity contribution in [1.82, 2.24) is 4.98 Å². The van der Waals surface area contributed by atoms with Crippen LogP contribution in [-0.4, -0.2) is 16.0 Å². The molecule has 0 bridgehead atoms. The largest absolute Gasteiger partial charge is 0.507 e. The highest BCUT2D eigenvalue weighted by Crippen LogP contribution is 2.24. The van der Waals surface area contributed by atoms with Crippen molar-refractivity contribution in [3.8, 4) is 5.75 Å². The first-order valence-corrected chi connectivity index (χ1v) is 5.87. The van der Waals surface area contributed by atoms with Crippen molar-refractivity contribution in [3.63, 3.8) is 0 Å². The first-order valence-electron chi connectivity index (χ1n) is 5.07. The van der Waals surface area contributed by atoms with Gasteiger partial charge in [0.1, 0.15) is 11.6 Å². The number of hydrogen-bond donors (Lipinski definition) is 3. The van der Waals surface area contributed by atoms with Crippen LogP contribution < -0.4 is 11.1 Å². The molecule has 0 aliphatic rings. The number of amides is 1. The van der Waals surface area contributed by atoms with Gasteiger partial charge in [0.15, 0.2) is 0 Å². The van der Waals surface area contributed by atoms with Crippen LogP contribution in [-0.2, 0) is 0 Å². The van der Waals surface area contributed by atoms with E-state index in [2.05, 4.69) is 26.2 Å². The second-order valence-corrected chi connectivity index (χ2v) is 4.45. The molecule has 0 radical (unpaired) electrons. The van der Waals surface area contributed by atoms with Gasteiger partial charge in [0.2, 0.25) is 0 Å². The minimum Gasteiger partial charge on any atom is -0.507 e. The molecule has 5 nitrogen and oxygen atoms in total. The molecule has 0 atom stereocenters. The zero-order chi connectivity index (χ0) is 13.1. The third kappa shape index (κ3) is 2.78. The number of hydrogen-bond acceptors (Lipinski definition) is 4. The maximum Gasteiger partial charge on any atom is 0.255 e. The number of anilines is 2. The molecule has 0 aliphatic heterocycles. The number of halogens is 1. The van der Waals surface area contributed by atoms with E-state index < -0.39 is 0 Å². The Morgan fingerprint density at radius 2 is 2.11 bits per heavy atom. The van der Waals surface area contributed by atoms with Crippen molar-refractivity contribution in [2.24, 2.45) is 0 Å².